The summed E-state index contributed by atoms with van der Waals surface area (Å²) in [5.41, 5.74) is 11.5. The molecule has 0 unspecified atom stereocenters. The Morgan fingerprint density at radius 2 is 1.67 bits per heavy atom. The van der Waals surface area contributed by atoms with Gasteiger partial charge in [-0.25, -0.2) is 9.59 Å². The van der Waals surface area contributed by atoms with E-state index in [1.807, 2.05) is 0 Å². The molecule has 0 bridgehead atoms. The largest absolute Gasteiger partial charge is 0.446 e. The maximum Gasteiger partial charge on any atom is 0.404 e. The SMILES string of the molecule is NC(=O)OC1CCC(NC(=O)NCc2ccc(C(N)=O)cc2)CC1. The molecule has 8 nitrogen and oxygen atoms in total. The van der Waals surface area contributed by atoms with Crippen molar-refractivity contribution in [3.63, 3.8) is 0 Å². The van der Waals surface area contributed by atoms with Gasteiger partial charge in [-0.2, -0.15) is 0 Å². The summed E-state index contributed by atoms with van der Waals surface area (Å²) in [6.07, 6.45) is 1.92. The minimum Gasteiger partial charge on any atom is -0.446 e. The van der Waals surface area contributed by atoms with Crippen molar-refractivity contribution >= 4 is 18.0 Å². The van der Waals surface area contributed by atoms with Crippen LogP contribution in [0.25, 0.3) is 0 Å². The van der Waals surface area contributed by atoms with Crippen LogP contribution in [0.1, 0.15) is 41.6 Å². The average Bonchev–Trinajstić information content (AvgIpc) is 2.54. The van der Waals surface area contributed by atoms with Gasteiger partial charge in [0, 0.05) is 18.2 Å². The van der Waals surface area contributed by atoms with Gasteiger partial charge >= 0.3 is 12.1 Å². The molecule has 2 rings (SSSR count). The van der Waals surface area contributed by atoms with E-state index in [4.69, 9.17) is 16.2 Å². The number of ether oxygens (including phenoxy) is 1. The van der Waals surface area contributed by atoms with Crippen LogP contribution in [0.4, 0.5) is 9.59 Å². The van der Waals surface area contributed by atoms with E-state index in [0.717, 1.165) is 18.4 Å². The normalized spacial score (nSPS) is 20.0. The summed E-state index contributed by atoms with van der Waals surface area (Å²) in [7, 11) is 0. The Balaban J connectivity index is 1.70. The van der Waals surface area contributed by atoms with Crippen LogP contribution in [-0.2, 0) is 11.3 Å². The van der Waals surface area contributed by atoms with Gasteiger partial charge in [0.1, 0.15) is 6.10 Å². The highest BCUT2D eigenvalue weighted by molar-refractivity contribution is 5.92. The molecule has 1 aromatic carbocycles. The van der Waals surface area contributed by atoms with Crippen molar-refractivity contribution in [3.05, 3.63) is 35.4 Å². The Labute approximate surface area is 139 Å². The van der Waals surface area contributed by atoms with E-state index >= 15 is 0 Å². The van der Waals surface area contributed by atoms with Crippen molar-refractivity contribution in [2.75, 3.05) is 0 Å². The van der Waals surface area contributed by atoms with Crippen molar-refractivity contribution in [3.8, 4) is 0 Å². The highest BCUT2D eigenvalue weighted by Gasteiger charge is 2.24. The quantitative estimate of drug-likeness (QED) is 0.638. The fourth-order valence-electron chi connectivity index (χ4n) is 2.69. The average molecular weight is 334 g/mol. The Bertz CT molecular complexity index is 595. The molecule has 8 heteroatoms. The van der Waals surface area contributed by atoms with Gasteiger partial charge in [-0.15, -0.1) is 0 Å². The highest BCUT2D eigenvalue weighted by Crippen LogP contribution is 2.21. The van der Waals surface area contributed by atoms with E-state index in [0.29, 0.717) is 24.9 Å². The third-order valence-corrected chi connectivity index (χ3v) is 3.98. The molecular formula is C16H22N4O4. The Hall–Kier alpha value is -2.77. The van der Waals surface area contributed by atoms with E-state index in [1.165, 1.54) is 0 Å². The van der Waals surface area contributed by atoms with Crippen LogP contribution in [0.5, 0.6) is 0 Å². The van der Waals surface area contributed by atoms with Crippen LogP contribution in [0.15, 0.2) is 24.3 Å². The number of nitrogens with two attached hydrogens (primary N) is 2. The maximum atomic E-state index is 11.9. The molecule has 1 aliphatic rings. The van der Waals surface area contributed by atoms with Gasteiger partial charge in [0.05, 0.1) is 0 Å². The lowest BCUT2D eigenvalue weighted by Gasteiger charge is -2.28. The van der Waals surface area contributed by atoms with Gasteiger partial charge in [0.25, 0.3) is 0 Å². The lowest BCUT2D eigenvalue weighted by molar-refractivity contribution is 0.0765. The predicted molar refractivity (Wildman–Crippen MR) is 87.0 cm³/mol. The molecular weight excluding hydrogens is 312 g/mol. The first-order chi connectivity index (χ1) is 11.4. The van der Waals surface area contributed by atoms with Crippen molar-refractivity contribution < 1.29 is 19.1 Å². The molecule has 1 aliphatic carbocycles. The van der Waals surface area contributed by atoms with Crippen LogP contribution in [0, 0.1) is 0 Å². The van der Waals surface area contributed by atoms with Crippen LogP contribution >= 0.6 is 0 Å². The molecule has 1 fully saturated rings. The Morgan fingerprint density at radius 1 is 1.04 bits per heavy atom. The van der Waals surface area contributed by atoms with Gasteiger partial charge in [-0.3, -0.25) is 4.79 Å². The summed E-state index contributed by atoms with van der Waals surface area (Å²) in [6.45, 7) is 0.352. The van der Waals surface area contributed by atoms with Gasteiger partial charge in [0.15, 0.2) is 0 Å². The van der Waals surface area contributed by atoms with Gasteiger partial charge in [-0.05, 0) is 43.4 Å². The molecule has 4 amide bonds. The highest BCUT2D eigenvalue weighted by atomic mass is 16.6. The summed E-state index contributed by atoms with van der Waals surface area (Å²) in [5, 5.41) is 5.66. The monoisotopic (exact) mass is 334 g/mol. The lowest BCUT2D eigenvalue weighted by Crippen LogP contribution is -2.44. The minimum absolute atomic E-state index is 0.0509. The van der Waals surface area contributed by atoms with Crippen molar-refractivity contribution in [2.45, 2.75) is 44.4 Å². The molecule has 130 valence electrons. The molecule has 1 saturated carbocycles. The lowest BCUT2D eigenvalue weighted by atomic mass is 9.93. The number of urea groups is 1. The van der Waals surface area contributed by atoms with E-state index in [2.05, 4.69) is 10.6 Å². The van der Waals surface area contributed by atoms with Crippen LogP contribution in [0.2, 0.25) is 0 Å². The number of nitrogens with one attached hydrogen (secondary N) is 2. The van der Waals surface area contributed by atoms with Crippen molar-refractivity contribution in [1.29, 1.82) is 0 Å². The number of primary amides is 2. The topological polar surface area (TPSA) is 137 Å². The third-order valence-electron chi connectivity index (χ3n) is 3.98. The summed E-state index contributed by atoms with van der Waals surface area (Å²) in [6, 6.07) is 6.52. The van der Waals surface area contributed by atoms with Gasteiger partial charge in [0.2, 0.25) is 5.91 Å². The fraction of sp³-hybridized carbons (Fsp3) is 0.438. The second kappa shape index (κ2) is 8.19. The second-order valence-electron chi connectivity index (χ2n) is 5.80. The molecule has 24 heavy (non-hydrogen) atoms. The first-order valence-corrected chi connectivity index (χ1v) is 7.83. The smallest absolute Gasteiger partial charge is 0.404 e. The second-order valence-corrected chi connectivity index (χ2v) is 5.80. The molecule has 0 spiro atoms. The van der Waals surface area contributed by atoms with E-state index in [1.54, 1.807) is 24.3 Å². The summed E-state index contributed by atoms with van der Waals surface area (Å²) >= 11 is 0. The zero-order valence-corrected chi connectivity index (χ0v) is 13.3. The van der Waals surface area contributed by atoms with Crippen molar-refractivity contribution in [1.82, 2.24) is 10.6 Å². The Morgan fingerprint density at radius 3 is 2.21 bits per heavy atom. The van der Waals surface area contributed by atoms with E-state index < -0.39 is 12.0 Å². The first-order valence-electron chi connectivity index (χ1n) is 7.83. The van der Waals surface area contributed by atoms with E-state index in [-0.39, 0.29) is 18.2 Å². The van der Waals surface area contributed by atoms with Crippen molar-refractivity contribution in [2.24, 2.45) is 11.5 Å². The molecule has 6 N–H and O–H groups in total. The van der Waals surface area contributed by atoms with Crippen LogP contribution < -0.4 is 22.1 Å². The number of carbonyl (C=O) groups is 3. The summed E-state index contributed by atoms with van der Waals surface area (Å²) in [5.74, 6) is -0.483. The maximum absolute atomic E-state index is 11.9. The molecule has 0 atom stereocenters. The number of hydrogen-bond donors (Lipinski definition) is 4. The molecule has 1 aromatic rings. The zero-order chi connectivity index (χ0) is 17.5. The zero-order valence-electron chi connectivity index (χ0n) is 13.3. The van der Waals surface area contributed by atoms with Crippen LogP contribution in [-0.4, -0.2) is 30.2 Å². The van der Waals surface area contributed by atoms with Crippen LogP contribution in [0.3, 0.4) is 0 Å². The van der Waals surface area contributed by atoms with Gasteiger partial charge in [-0.1, -0.05) is 12.1 Å². The minimum atomic E-state index is -0.758. The number of benzene rings is 1. The molecule has 0 saturated heterocycles. The van der Waals surface area contributed by atoms with Gasteiger partial charge < -0.3 is 26.8 Å². The fourth-order valence-corrected chi connectivity index (χ4v) is 2.69. The molecule has 0 aromatic heterocycles. The molecule has 0 radical (unpaired) electrons. The predicted octanol–water partition coefficient (Wildman–Crippen LogP) is 0.991. The third kappa shape index (κ3) is 5.45. The standard InChI is InChI=1S/C16H22N4O4/c17-14(21)11-3-1-10(2-4-11)9-19-16(23)20-12-5-7-13(8-6-12)24-15(18)22/h1-4,12-13H,5-9H2,(H2,17,21)(H2,18,22)(H2,19,20,23). The number of carbonyl (C=O) groups excluding carboxylic acids is 3. The summed E-state index contributed by atoms with van der Waals surface area (Å²) < 4.78 is 4.95. The summed E-state index contributed by atoms with van der Waals surface area (Å²) in [4.78, 5) is 33.6. The number of amides is 4. The molecule has 0 heterocycles. The Kier molecular flexibility index (Phi) is 6.00. The first kappa shape index (κ1) is 17.6. The molecule has 0 aliphatic heterocycles. The number of hydrogen-bond acceptors (Lipinski definition) is 4. The van der Waals surface area contributed by atoms with E-state index in [9.17, 15) is 14.4 Å². The number of rotatable bonds is 5.